The van der Waals surface area contributed by atoms with Crippen LogP contribution in [0.2, 0.25) is 0 Å². The molecule has 15 heavy (non-hydrogen) atoms. The highest BCUT2D eigenvalue weighted by molar-refractivity contribution is 6.70. The Balaban J connectivity index is 2.50. The Morgan fingerprint density at radius 1 is 1.33 bits per heavy atom. The van der Waals surface area contributed by atoms with Crippen molar-refractivity contribution in [3.05, 3.63) is 34.4 Å². The van der Waals surface area contributed by atoms with Gasteiger partial charge >= 0.3 is 0 Å². The summed E-state index contributed by atoms with van der Waals surface area (Å²) < 4.78 is 26.4. The van der Waals surface area contributed by atoms with Crippen LogP contribution in [0.25, 0.3) is 0 Å². The molecule has 0 N–H and O–H groups in total. The van der Waals surface area contributed by atoms with Gasteiger partial charge in [0.2, 0.25) is 0 Å². The molecule has 0 radical (unpaired) electrons. The lowest BCUT2D eigenvalue weighted by Gasteiger charge is -2.27. The monoisotopic (exact) mass is 249 g/mol. The van der Waals surface area contributed by atoms with Crippen LogP contribution in [0.5, 0.6) is 0 Å². The van der Waals surface area contributed by atoms with Crippen LogP contribution in [0.4, 0.5) is 8.78 Å². The second kappa shape index (κ2) is 3.72. The molecule has 0 fully saturated rings. The highest BCUT2D eigenvalue weighted by Crippen LogP contribution is 2.40. The number of allylic oxidation sites excluding steroid dienone is 3. The molecule has 0 aromatic carbocycles. The van der Waals surface area contributed by atoms with Crippen LogP contribution in [0.15, 0.2) is 39.4 Å². The minimum absolute atomic E-state index is 0.208. The summed E-state index contributed by atoms with van der Waals surface area (Å²) in [7, 11) is 0. The Bertz CT molecular complexity index is 435. The van der Waals surface area contributed by atoms with Crippen LogP contribution < -0.4 is 0 Å². The zero-order valence-corrected chi connectivity index (χ0v) is 9.28. The molecule has 0 aromatic rings. The average Bonchev–Trinajstić information content (AvgIpc) is 2.13. The molecule has 0 saturated heterocycles. The lowest BCUT2D eigenvalue weighted by molar-refractivity contribution is 0.462. The first-order valence-electron chi connectivity index (χ1n) is 4.35. The van der Waals surface area contributed by atoms with Crippen molar-refractivity contribution < 1.29 is 8.78 Å². The Morgan fingerprint density at radius 2 is 2.00 bits per heavy atom. The molecule has 0 spiro atoms. The fourth-order valence-corrected chi connectivity index (χ4v) is 2.22. The number of rotatable bonds is 0. The maximum Gasteiger partial charge on any atom is 0.128 e. The van der Waals surface area contributed by atoms with Gasteiger partial charge in [-0.15, -0.1) is 0 Å². The second-order valence-electron chi connectivity index (χ2n) is 3.44. The second-order valence-corrected chi connectivity index (χ2v) is 4.21. The SMILES string of the molecule is CC1=C(Cl)C2C(F)=CC(F)=CC2N=C1Cl. The number of hydrogen-bond acceptors (Lipinski definition) is 1. The van der Waals surface area contributed by atoms with Gasteiger partial charge in [0, 0.05) is 16.7 Å². The van der Waals surface area contributed by atoms with Crippen molar-refractivity contribution in [1.82, 2.24) is 0 Å². The van der Waals surface area contributed by atoms with E-state index in [0.29, 0.717) is 5.57 Å². The summed E-state index contributed by atoms with van der Waals surface area (Å²) in [6.45, 7) is 1.66. The maximum absolute atomic E-state index is 13.5. The van der Waals surface area contributed by atoms with Gasteiger partial charge in [-0.25, -0.2) is 8.78 Å². The predicted molar refractivity (Wildman–Crippen MR) is 57.5 cm³/mol. The van der Waals surface area contributed by atoms with Crippen molar-refractivity contribution in [3.8, 4) is 0 Å². The van der Waals surface area contributed by atoms with Gasteiger partial charge in [0.1, 0.15) is 16.8 Å². The van der Waals surface area contributed by atoms with Crippen molar-refractivity contribution in [1.29, 1.82) is 0 Å². The maximum atomic E-state index is 13.5. The number of nitrogens with zero attached hydrogens (tertiary/aromatic N) is 1. The number of hydrogen-bond donors (Lipinski definition) is 0. The van der Waals surface area contributed by atoms with E-state index in [1.54, 1.807) is 6.92 Å². The molecule has 0 bridgehead atoms. The summed E-state index contributed by atoms with van der Waals surface area (Å²) in [5.41, 5.74) is 0.541. The minimum atomic E-state index is -0.714. The van der Waals surface area contributed by atoms with E-state index in [4.69, 9.17) is 23.2 Å². The molecule has 1 aliphatic heterocycles. The molecule has 5 heteroatoms. The predicted octanol–water partition coefficient (Wildman–Crippen LogP) is 3.86. The van der Waals surface area contributed by atoms with E-state index in [-0.39, 0.29) is 10.2 Å². The van der Waals surface area contributed by atoms with Gasteiger partial charge in [0.15, 0.2) is 0 Å². The van der Waals surface area contributed by atoms with E-state index in [1.807, 2.05) is 0 Å². The molecule has 2 aliphatic rings. The Hall–Kier alpha value is -0.670. The van der Waals surface area contributed by atoms with Crippen LogP contribution in [0.1, 0.15) is 6.92 Å². The van der Waals surface area contributed by atoms with Gasteiger partial charge in [0.05, 0.1) is 12.0 Å². The molecule has 0 amide bonds. The van der Waals surface area contributed by atoms with Crippen molar-refractivity contribution in [2.75, 3.05) is 0 Å². The Kier molecular flexibility index (Phi) is 2.69. The molecule has 80 valence electrons. The lowest BCUT2D eigenvalue weighted by atomic mass is 9.90. The highest BCUT2D eigenvalue weighted by Gasteiger charge is 2.35. The van der Waals surface area contributed by atoms with Crippen molar-refractivity contribution in [2.24, 2.45) is 10.9 Å². The fraction of sp³-hybridized carbons (Fsp3) is 0.300. The minimum Gasteiger partial charge on any atom is -0.264 e. The summed E-state index contributed by atoms with van der Waals surface area (Å²) in [5, 5.41) is 0.498. The molecule has 2 atom stereocenters. The van der Waals surface area contributed by atoms with Gasteiger partial charge in [-0.1, -0.05) is 23.2 Å². The van der Waals surface area contributed by atoms with Crippen molar-refractivity contribution >= 4 is 28.4 Å². The summed E-state index contributed by atoms with van der Waals surface area (Å²) >= 11 is 11.8. The first-order valence-corrected chi connectivity index (χ1v) is 5.10. The Morgan fingerprint density at radius 3 is 2.67 bits per heavy atom. The van der Waals surface area contributed by atoms with Crippen LogP contribution in [-0.4, -0.2) is 11.2 Å². The summed E-state index contributed by atoms with van der Waals surface area (Å²) in [6.07, 6.45) is 2.04. The number of halogens is 4. The number of dihydropyridines is 1. The van der Waals surface area contributed by atoms with Gasteiger partial charge in [-0.05, 0) is 13.0 Å². The standard InChI is InChI=1S/C10H7Cl2F2N/c1-4-9(11)8-6(14)2-5(13)3-7(8)15-10(4)12/h2-3,7-8H,1H3. The first-order chi connectivity index (χ1) is 7.00. The third-order valence-corrected chi connectivity index (χ3v) is 3.35. The summed E-state index contributed by atoms with van der Waals surface area (Å²) in [4.78, 5) is 3.98. The fourth-order valence-electron chi connectivity index (χ4n) is 1.63. The van der Waals surface area contributed by atoms with E-state index in [1.165, 1.54) is 6.08 Å². The zero-order chi connectivity index (χ0) is 11.2. The zero-order valence-electron chi connectivity index (χ0n) is 7.77. The van der Waals surface area contributed by atoms with Crippen molar-refractivity contribution in [2.45, 2.75) is 13.0 Å². The van der Waals surface area contributed by atoms with Gasteiger partial charge in [0.25, 0.3) is 0 Å². The van der Waals surface area contributed by atoms with Gasteiger partial charge in [-0.3, -0.25) is 4.99 Å². The molecule has 0 saturated carbocycles. The highest BCUT2D eigenvalue weighted by atomic mass is 35.5. The van der Waals surface area contributed by atoms with E-state index >= 15 is 0 Å². The molecule has 2 unspecified atom stereocenters. The molecular weight excluding hydrogens is 243 g/mol. The van der Waals surface area contributed by atoms with E-state index in [2.05, 4.69) is 4.99 Å². The summed E-state index contributed by atoms with van der Waals surface area (Å²) in [5.74, 6) is -1.98. The van der Waals surface area contributed by atoms with E-state index in [0.717, 1.165) is 6.08 Å². The average molecular weight is 250 g/mol. The van der Waals surface area contributed by atoms with Crippen LogP contribution in [-0.2, 0) is 0 Å². The Labute approximate surface area is 95.8 Å². The third kappa shape index (κ3) is 1.74. The molecule has 1 nitrogen and oxygen atoms in total. The van der Waals surface area contributed by atoms with Crippen molar-refractivity contribution in [3.63, 3.8) is 0 Å². The number of fused-ring (bicyclic) bond motifs is 1. The smallest absolute Gasteiger partial charge is 0.128 e. The van der Waals surface area contributed by atoms with E-state index in [9.17, 15) is 8.78 Å². The lowest BCUT2D eigenvalue weighted by Crippen LogP contribution is -2.26. The normalized spacial score (nSPS) is 30.6. The quantitative estimate of drug-likeness (QED) is 0.619. The van der Waals surface area contributed by atoms with Crippen LogP contribution in [0.3, 0.4) is 0 Å². The van der Waals surface area contributed by atoms with Crippen LogP contribution in [0, 0.1) is 5.92 Å². The third-order valence-electron chi connectivity index (χ3n) is 2.45. The summed E-state index contributed by atoms with van der Waals surface area (Å²) in [6, 6.07) is -0.668. The molecule has 1 heterocycles. The largest absolute Gasteiger partial charge is 0.264 e. The van der Waals surface area contributed by atoms with Gasteiger partial charge < -0.3 is 0 Å². The van der Waals surface area contributed by atoms with Gasteiger partial charge in [-0.2, -0.15) is 0 Å². The number of aliphatic imine (C=N–C) groups is 1. The molecule has 2 rings (SSSR count). The first kappa shape index (κ1) is 10.8. The van der Waals surface area contributed by atoms with Crippen LogP contribution >= 0.6 is 23.2 Å². The van der Waals surface area contributed by atoms with E-state index < -0.39 is 23.6 Å². The molecule has 0 aromatic heterocycles. The molecular formula is C10H7Cl2F2N. The molecule has 1 aliphatic carbocycles. The topological polar surface area (TPSA) is 12.4 Å².